The first-order valence-corrected chi connectivity index (χ1v) is 7.98. The Morgan fingerprint density at radius 2 is 1.95 bits per heavy atom. The van der Waals surface area contributed by atoms with Gasteiger partial charge in [0.1, 0.15) is 5.75 Å². The lowest BCUT2D eigenvalue weighted by molar-refractivity contribution is 0.0965. The van der Waals surface area contributed by atoms with Gasteiger partial charge in [-0.3, -0.25) is 4.79 Å². The molecule has 0 aromatic heterocycles. The number of rotatable bonds is 6. The Morgan fingerprint density at radius 3 is 2.57 bits per heavy atom. The molecule has 2 rings (SSSR count). The zero-order valence-corrected chi connectivity index (χ0v) is 12.9. The number of nitrogens with two attached hydrogens (primary N) is 1. The van der Waals surface area contributed by atoms with Crippen molar-refractivity contribution in [1.82, 2.24) is 4.90 Å². The normalized spacial score (nSPS) is 16.4. The molecule has 0 radical (unpaired) electrons. The Balaban J connectivity index is 1.89. The van der Waals surface area contributed by atoms with Crippen LogP contribution in [0.25, 0.3) is 0 Å². The highest BCUT2D eigenvalue weighted by atomic mass is 16.5. The number of hydrogen-bond donors (Lipinski definition) is 1. The third-order valence-electron chi connectivity index (χ3n) is 3.99. The molecule has 1 fully saturated rings. The van der Waals surface area contributed by atoms with Crippen molar-refractivity contribution in [3.05, 3.63) is 23.8 Å². The molecule has 0 aliphatic carbocycles. The molecule has 2 N–H and O–H groups in total. The Kier molecular flexibility index (Phi) is 6.05. The van der Waals surface area contributed by atoms with Crippen LogP contribution in [0.4, 0.5) is 5.69 Å². The van der Waals surface area contributed by atoms with Gasteiger partial charge in [-0.25, -0.2) is 0 Å². The molecule has 0 spiro atoms. The number of carbonyl (C=O) groups excluding carboxylic acids is 1. The van der Waals surface area contributed by atoms with E-state index in [0.717, 1.165) is 19.6 Å². The van der Waals surface area contributed by atoms with Gasteiger partial charge < -0.3 is 15.4 Å². The van der Waals surface area contributed by atoms with Crippen molar-refractivity contribution in [2.24, 2.45) is 0 Å². The molecule has 1 aliphatic rings. The number of ketones is 1. The second-order valence-electron chi connectivity index (χ2n) is 5.61. The van der Waals surface area contributed by atoms with E-state index in [2.05, 4.69) is 4.90 Å². The summed E-state index contributed by atoms with van der Waals surface area (Å²) in [6, 6.07) is 5.33. The van der Waals surface area contributed by atoms with Crippen LogP contribution in [0.2, 0.25) is 0 Å². The van der Waals surface area contributed by atoms with Gasteiger partial charge in [-0.15, -0.1) is 0 Å². The molecule has 0 saturated carbocycles. The number of carbonyl (C=O) groups is 1. The van der Waals surface area contributed by atoms with Gasteiger partial charge in [0.25, 0.3) is 0 Å². The summed E-state index contributed by atoms with van der Waals surface area (Å²) in [6.45, 7) is 5.59. The number of likely N-dealkylation sites (tertiary alicyclic amines) is 1. The first kappa shape index (κ1) is 15.8. The van der Waals surface area contributed by atoms with E-state index in [0.29, 0.717) is 30.0 Å². The zero-order chi connectivity index (χ0) is 15.1. The number of nitrogen functional groups attached to an aromatic ring is 1. The molecular formula is C17H26N2O2. The van der Waals surface area contributed by atoms with Crippen molar-refractivity contribution in [2.45, 2.75) is 39.0 Å². The number of nitrogens with zero attached hydrogens (tertiary/aromatic N) is 1. The van der Waals surface area contributed by atoms with E-state index in [1.807, 2.05) is 13.0 Å². The van der Waals surface area contributed by atoms with Crippen molar-refractivity contribution < 1.29 is 9.53 Å². The van der Waals surface area contributed by atoms with Crippen LogP contribution in [-0.2, 0) is 0 Å². The first-order chi connectivity index (χ1) is 10.2. The predicted molar refractivity (Wildman–Crippen MR) is 85.9 cm³/mol. The standard InChI is InChI=1S/C17H26N2O2/c1-2-21-17-8-7-14(13-15(17)18)16(20)9-12-19-10-5-3-4-6-11-19/h7-8,13H,2-6,9-12,18H2,1H3. The van der Waals surface area contributed by atoms with Crippen LogP contribution in [0.15, 0.2) is 18.2 Å². The molecule has 1 aromatic rings. The topological polar surface area (TPSA) is 55.6 Å². The maximum Gasteiger partial charge on any atom is 0.164 e. The van der Waals surface area contributed by atoms with Crippen molar-refractivity contribution in [3.8, 4) is 5.75 Å². The molecule has 0 unspecified atom stereocenters. The second-order valence-corrected chi connectivity index (χ2v) is 5.61. The van der Waals surface area contributed by atoms with Gasteiger partial charge in [-0.1, -0.05) is 12.8 Å². The highest BCUT2D eigenvalue weighted by Crippen LogP contribution is 2.23. The minimum Gasteiger partial charge on any atom is -0.492 e. The van der Waals surface area contributed by atoms with Crippen LogP contribution in [0, 0.1) is 0 Å². The van der Waals surface area contributed by atoms with Gasteiger partial charge in [0.15, 0.2) is 5.78 Å². The number of anilines is 1. The largest absolute Gasteiger partial charge is 0.492 e. The average molecular weight is 290 g/mol. The highest BCUT2D eigenvalue weighted by molar-refractivity contribution is 5.97. The summed E-state index contributed by atoms with van der Waals surface area (Å²) in [5, 5.41) is 0. The van der Waals surface area contributed by atoms with Gasteiger partial charge in [0, 0.05) is 18.5 Å². The molecule has 0 bridgehead atoms. The van der Waals surface area contributed by atoms with E-state index in [-0.39, 0.29) is 5.78 Å². The van der Waals surface area contributed by atoms with E-state index < -0.39 is 0 Å². The fourth-order valence-electron chi connectivity index (χ4n) is 2.77. The van der Waals surface area contributed by atoms with Crippen LogP contribution in [0.1, 0.15) is 49.4 Å². The molecule has 4 heteroatoms. The fraction of sp³-hybridized carbons (Fsp3) is 0.588. The zero-order valence-electron chi connectivity index (χ0n) is 12.9. The van der Waals surface area contributed by atoms with Gasteiger partial charge in [-0.05, 0) is 51.1 Å². The fourth-order valence-corrected chi connectivity index (χ4v) is 2.77. The molecule has 1 aliphatic heterocycles. The smallest absolute Gasteiger partial charge is 0.164 e. The quantitative estimate of drug-likeness (QED) is 0.646. The van der Waals surface area contributed by atoms with Crippen molar-refractivity contribution in [1.29, 1.82) is 0 Å². The summed E-state index contributed by atoms with van der Waals surface area (Å²) in [4.78, 5) is 14.7. The summed E-state index contributed by atoms with van der Waals surface area (Å²) >= 11 is 0. The van der Waals surface area contributed by atoms with Gasteiger partial charge in [0.2, 0.25) is 0 Å². The van der Waals surface area contributed by atoms with Crippen molar-refractivity contribution in [3.63, 3.8) is 0 Å². The number of ether oxygens (including phenoxy) is 1. The summed E-state index contributed by atoms with van der Waals surface area (Å²) in [6.07, 6.45) is 5.71. The molecule has 0 atom stereocenters. The van der Waals surface area contributed by atoms with Crippen LogP contribution in [-0.4, -0.2) is 36.9 Å². The Bertz CT molecular complexity index is 466. The summed E-state index contributed by atoms with van der Waals surface area (Å²) in [5.41, 5.74) is 7.14. The van der Waals surface area contributed by atoms with E-state index in [9.17, 15) is 4.79 Å². The Morgan fingerprint density at radius 1 is 1.24 bits per heavy atom. The summed E-state index contributed by atoms with van der Waals surface area (Å²) in [5.74, 6) is 0.815. The lowest BCUT2D eigenvalue weighted by Gasteiger charge is -2.19. The summed E-state index contributed by atoms with van der Waals surface area (Å²) < 4.78 is 5.40. The van der Waals surface area contributed by atoms with E-state index in [4.69, 9.17) is 10.5 Å². The van der Waals surface area contributed by atoms with Crippen LogP contribution in [0.3, 0.4) is 0 Å². The number of Topliss-reactive ketones (excluding diaryl/α,β-unsaturated/α-hetero) is 1. The van der Waals surface area contributed by atoms with Gasteiger partial charge >= 0.3 is 0 Å². The third-order valence-corrected chi connectivity index (χ3v) is 3.99. The minimum absolute atomic E-state index is 0.161. The molecule has 4 nitrogen and oxygen atoms in total. The lowest BCUT2D eigenvalue weighted by atomic mass is 10.1. The van der Waals surface area contributed by atoms with Crippen molar-refractivity contribution in [2.75, 3.05) is 32.0 Å². The monoisotopic (exact) mass is 290 g/mol. The lowest BCUT2D eigenvalue weighted by Crippen LogP contribution is -2.27. The van der Waals surface area contributed by atoms with Crippen LogP contribution < -0.4 is 10.5 Å². The van der Waals surface area contributed by atoms with Crippen LogP contribution >= 0.6 is 0 Å². The SMILES string of the molecule is CCOc1ccc(C(=O)CCN2CCCCCC2)cc1N. The molecule has 1 saturated heterocycles. The molecular weight excluding hydrogens is 264 g/mol. The molecule has 116 valence electrons. The highest BCUT2D eigenvalue weighted by Gasteiger charge is 2.13. The molecule has 0 amide bonds. The van der Waals surface area contributed by atoms with Crippen LogP contribution in [0.5, 0.6) is 5.75 Å². The first-order valence-electron chi connectivity index (χ1n) is 7.98. The third kappa shape index (κ3) is 4.74. The molecule has 1 aromatic carbocycles. The predicted octanol–water partition coefficient (Wildman–Crippen LogP) is 3.12. The number of benzene rings is 1. The maximum atomic E-state index is 12.3. The van der Waals surface area contributed by atoms with E-state index in [1.54, 1.807) is 12.1 Å². The van der Waals surface area contributed by atoms with Gasteiger partial charge in [-0.2, -0.15) is 0 Å². The maximum absolute atomic E-state index is 12.3. The average Bonchev–Trinajstić information content (AvgIpc) is 2.75. The van der Waals surface area contributed by atoms with E-state index >= 15 is 0 Å². The molecule has 1 heterocycles. The van der Waals surface area contributed by atoms with E-state index in [1.165, 1.54) is 25.7 Å². The Labute approximate surface area is 127 Å². The minimum atomic E-state index is 0.161. The van der Waals surface area contributed by atoms with Gasteiger partial charge in [0.05, 0.1) is 12.3 Å². The number of hydrogen-bond acceptors (Lipinski definition) is 4. The Hall–Kier alpha value is -1.55. The molecule has 21 heavy (non-hydrogen) atoms. The second kappa shape index (κ2) is 8.03. The summed E-state index contributed by atoms with van der Waals surface area (Å²) in [7, 11) is 0. The van der Waals surface area contributed by atoms with Crippen molar-refractivity contribution >= 4 is 11.5 Å².